The minimum Gasteiger partial charge on any atom is -0.453 e. The highest BCUT2D eigenvalue weighted by molar-refractivity contribution is 6.30. The number of hydrogen-bond donors (Lipinski definition) is 2. The Bertz CT molecular complexity index is 986. The average molecular weight is 490 g/mol. The van der Waals surface area contributed by atoms with E-state index in [1.165, 1.54) is 7.11 Å². The zero-order chi connectivity index (χ0) is 24.1. The van der Waals surface area contributed by atoms with Crippen LogP contribution in [-0.2, 0) is 20.8 Å². The Hall–Kier alpha value is -2.62. The number of halogens is 1. The number of morpholine rings is 1. The van der Waals surface area contributed by atoms with Gasteiger partial charge < -0.3 is 29.6 Å². The zero-order valence-electron chi connectivity index (χ0n) is 19.6. The van der Waals surface area contributed by atoms with Gasteiger partial charge in [-0.1, -0.05) is 11.6 Å². The van der Waals surface area contributed by atoms with Gasteiger partial charge in [0.15, 0.2) is 0 Å². The number of rotatable bonds is 9. The van der Waals surface area contributed by atoms with Crippen LogP contribution in [0.4, 0.5) is 4.79 Å². The number of methoxy groups -OCH3 is 1. The lowest BCUT2D eigenvalue weighted by molar-refractivity contribution is -0.148. The molecule has 2 aliphatic rings. The van der Waals surface area contributed by atoms with E-state index < -0.39 is 12.2 Å². The van der Waals surface area contributed by atoms with Crippen molar-refractivity contribution in [3.8, 4) is 11.4 Å². The highest BCUT2D eigenvalue weighted by Gasteiger charge is 2.40. The average Bonchev–Trinajstić information content (AvgIpc) is 3.60. The normalized spacial score (nSPS) is 18.9. The number of ether oxygens (including phenoxy) is 2. The number of imidazole rings is 1. The van der Waals surface area contributed by atoms with Gasteiger partial charge in [0.2, 0.25) is 0 Å². The van der Waals surface area contributed by atoms with Crippen LogP contribution in [0, 0.1) is 0 Å². The largest absolute Gasteiger partial charge is 0.453 e. The first kappa shape index (κ1) is 24.5. The Morgan fingerprint density at radius 1 is 1.35 bits per heavy atom. The Morgan fingerprint density at radius 3 is 2.76 bits per heavy atom. The topological polar surface area (TPSA) is 97.7 Å². The SMILES string of the molecule is COC(=O)NCCCn1cc([C@@H](C)N(C(=O)[C@H]2CNCCO2)C2CC2)nc1-c1ccc(Cl)cc1. The fourth-order valence-electron chi connectivity index (χ4n) is 4.22. The molecular weight excluding hydrogens is 458 g/mol. The van der Waals surface area contributed by atoms with Gasteiger partial charge in [0, 0.05) is 49.0 Å². The van der Waals surface area contributed by atoms with E-state index in [0.29, 0.717) is 37.7 Å². The van der Waals surface area contributed by atoms with Gasteiger partial charge in [-0.05, 0) is 50.5 Å². The Balaban J connectivity index is 1.56. The maximum absolute atomic E-state index is 13.4. The van der Waals surface area contributed by atoms with E-state index in [1.54, 1.807) is 0 Å². The fraction of sp³-hybridized carbons (Fsp3) is 0.542. The van der Waals surface area contributed by atoms with E-state index in [-0.39, 0.29) is 18.0 Å². The Morgan fingerprint density at radius 2 is 2.12 bits per heavy atom. The van der Waals surface area contributed by atoms with Gasteiger partial charge in [-0.2, -0.15) is 0 Å². The molecule has 34 heavy (non-hydrogen) atoms. The second-order valence-corrected chi connectivity index (χ2v) is 9.11. The monoisotopic (exact) mass is 489 g/mol. The molecule has 2 atom stereocenters. The second-order valence-electron chi connectivity index (χ2n) is 8.68. The van der Waals surface area contributed by atoms with Crippen molar-refractivity contribution in [2.75, 3.05) is 33.4 Å². The number of carbonyl (C=O) groups excluding carboxylic acids is 2. The maximum atomic E-state index is 13.4. The highest BCUT2D eigenvalue weighted by Crippen LogP contribution is 2.36. The van der Waals surface area contributed by atoms with Crippen molar-refractivity contribution in [2.45, 2.75) is 50.9 Å². The summed E-state index contributed by atoms with van der Waals surface area (Å²) in [6.07, 6.45) is 3.80. The quantitative estimate of drug-likeness (QED) is 0.525. The molecule has 1 aromatic heterocycles. The lowest BCUT2D eigenvalue weighted by atomic mass is 10.1. The molecule has 1 saturated heterocycles. The molecule has 4 rings (SSSR count). The summed E-state index contributed by atoms with van der Waals surface area (Å²) >= 11 is 6.09. The molecule has 2 aromatic rings. The molecule has 0 unspecified atom stereocenters. The van der Waals surface area contributed by atoms with Crippen LogP contribution in [0.1, 0.15) is 37.9 Å². The first-order valence-electron chi connectivity index (χ1n) is 11.8. The number of benzene rings is 1. The number of alkyl carbamates (subject to hydrolysis) is 1. The van der Waals surface area contributed by atoms with Crippen molar-refractivity contribution in [3.63, 3.8) is 0 Å². The minimum absolute atomic E-state index is 0.0204. The van der Waals surface area contributed by atoms with Crippen LogP contribution in [-0.4, -0.2) is 71.9 Å². The van der Waals surface area contributed by atoms with Gasteiger partial charge in [-0.15, -0.1) is 0 Å². The summed E-state index contributed by atoms with van der Waals surface area (Å²) in [5.74, 6) is 0.822. The predicted octanol–water partition coefficient (Wildman–Crippen LogP) is 2.99. The van der Waals surface area contributed by atoms with Crippen LogP contribution in [0.3, 0.4) is 0 Å². The molecule has 2 amide bonds. The van der Waals surface area contributed by atoms with Crippen LogP contribution in [0.25, 0.3) is 11.4 Å². The summed E-state index contributed by atoms with van der Waals surface area (Å²) < 4.78 is 12.5. The molecule has 1 saturated carbocycles. The second kappa shape index (κ2) is 11.2. The number of aromatic nitrogens is 2. The van der Waals surface area contributed by atoms with Gasteiger partial charge >= 0.3 is 6.09 Å². The van der Waals surface area contributed by atoms with Crippen molar-refractivity contribution in [1.82, 2.24) is 25.1 Å². The van der Waals surface area contributed by atoms with Gasteiger partial charge in [0.05, 0.1) is 25.5 Å². The van der Waals surface area contributed by atoms with Crippen LogP contribution >= 0.6 is 11.6 Å². The van der Waals surface area contributed by atoms with Crippen LogP contribution in [0.15, 0.2) is 30.5 Å². The van der Waals surface area contributed by atoms with Crippen molar-refractivity contribution in [1.29, 1.82) is 0 Å². The molecule has 1 aliphatic heterocycles. The molecular formula is C24H32ClN5O4. The summed E-state index contributed by atoms with van der Waals surface area (Å²) in [6.45, 7) is 5.00. The van der Waals surface area contributed by atoms with Crippen molar-refractivity contribution < 1.29 is 19.1 Å². The number of carbonyl (C=O) groups is 2. The number of nitrogens with one attached hydrogen (secondary N) is 2. The third kappa shape index (κ3) is 5.89. The predicted molar refractivity (Wildman–Crippen MR) is 129 cm³/mol. The van der Waals surface area contributed by atoms with E-state index in [9.17, 15) is 9.59 Å². The van der Waals surface area contributed by atoms with Gasteiger partial charge in [0.1, 0.15) is 11.9 Å². The summed E-state index contributed by atoms with van der Waals surface area (Å²) in [5, 5.41) is 6.61. The zero-order valence-corrected chi connectivity index (χ0v) is 20.4. The summed E-state index contributed by atoms with van der Waals surface area (Å²) in [4.78, 5) is 31.6. The molecule has 184 valence electrons. The van der Waals surface area contributed by atoms with Crippen molar-refractivity contribution in [3.05, 3.63) is 41.2 Å². The van der Waals surface area contributed by atoms with Crippen LogP contribution in [0.2, 0.25) is 5.02 Å². The molecule has 2 fully saturated rings. The third-order valence-corrected chi connectivity index (χ3v) is 6.42. The molecule has 10 heteroatoms. The van der Waals surface area contributed by atoms with E-state index in [4.69, 9.17) is 21.3 Å². The molecule has 1 aliphatic carbocycles. The summed E-state index contributed by atoms with van der Waals surface area (Å²) in [7, 11) is 1.35. The van der Waals surface area contributed by atoms with Crippen molar-refractivity contribution >= 4 is 23.6 Å². The highest BCUT2D eigenvalue weighted by atomic mass is 35.5. The number of aryl methyl sites for hydroxylation is 1. The lowest BCUT2D eigenvalue weighted by Gasteiger charge is -2.33. The third-order valence-electron chi connectivity index (χ3n) is 6.17. The molecule has 1 aromatic carbocycles. The van der Waals surface area contributed by atoms with E-state index in [2.05, 4.69) is 19.9 Å². The smallest absolute Gasteiger partial charge is 0.406 e. The van der Waals surface area contributed by atoms with E-state index in [1.807, 2.05) is 42.3 Å². The molecule has 2 heterocycles. The number of amides is 2. The van der Waals surface area contributed by atoms with E-state index in [0.717, 1.165) is 36.5 Å². The number of hydrogen-bond acceptors (Lipinski definition) is 6. The Labute approximate surface area is 204 Å². The maximum Gasteiger partial charge on any atom is 0.406 e. The summed E-state index contributed by atoms with van der Waals surface area (Å²) in [6, 6.07) is 7.59. The van der Waals surface area contributed by atoms with Gasteiger partial charge in [-0.25, -0.2) is 9.78 Å². The van der Waals surface area contributed by atoms with E-state index >= 15 is 0 Å². The minimum atomic E-state index is -0.459. The Kier molecular flexibility index (Phi) is 8.07. The van der Waals surface area contributed by atoms with Crippen LogP contribution in [0.5, 0.6) is 0 Å². The van der Waals surface area contributed by atoms with Gasteiger partial charge in [-0.3, -0.25) is 4.79 Å². The number of nitrogens with zero attached hydrogens (tertiary/aromatic N) is 3. The molecule has 0 spiro atoms. The lowest BCUT2D eigenvalue weighted by Crippen LogP contribution is -2.50. The molecule has 0 radical (unpaired) electrons. The molecule has 9 nitrogen and oxygen atoms in total. The summed E-state index contributed by atoms with van der Waals surface area (Å²) in [5.41, 5.74) is 1.77. The molecule has 2 N–H and O–H groups in total. The first-order chi connectivity index (χ1) is 16.5. The van der Waals surface area contributed by atoms with Crippen LogP contribution < -0.4 is 10.6 Å². The molecule has 0 bridgehead atoms. The van der Waals surface area contributed by atoms with Crippen molar-refractivity contribution in [2.24, 2.45) is 0 Å². The first-order valence-corrected chi connectivity index (χ1v) is 12.1. The fourth-order valence-corrected chi connectivity index (χ4v) is 4.35. The van der Waals surface area contributed by atoms with Gasteiger partial charge in [0.25, 0.3) is 5.91 Å². The standard InChI is InChI=1S/C24H32ClN5O4/c1-16(30(19-8-9-19)23(31)21-14-26-11-13-34-21)20-15-29(12-3-10-27-24(32)33-2)22(28-20)17-4-6-18(25)7-5-17/h4-7,15-16,19,21,26H,3,8-14H2,1-2H3,(H,27,32)/t16-,21-/m1/s1.